The van der Waals surface area contributed by atoms with Gasteiger partial charge in [-0.3, -0.25) is 9.59 Å². The van der Waals surface area contributed by atoms with Gasteiger partial charge in [-0.2, -0.15) is 0 Å². The molecule has 0 fully saturated rings. The van der Waals surface area contributed by atoms with Crippen molar-refractivity contribution in [2.45, 2.75) is 20.8 Å². The van der Waals surface area contributed by atoms with Crippen molar-refractivity contribution in [2.24, 2.45) is 5.92 Å². The Morgan fingerprint density at radius 1 is 1.36 bits per heavy atom. The first-order chi connectivity index (χ1) is 6.43. The average Bonchev–Trinajstić information content (AvgIpc) is 2.02. The Labute approximate surface area is 82.9 Å². The van der Waals surface area contributed by atoms with E-state index in [1.807, 2.05) is 0 Å². The summed E-state index contributed by atoms with van der Waals surface area (Å²) in [5.74, 6) is -1.39. The second kappa shape index (κ2) is 5.96. The van der Waals surface area contributed by atoms with Crippen LogP contribution in [0.3, 0.4) is 0 Å². The van der Waals surface area contributed by atoms with Gasteiger partial charge in [0.1, 0.15) is 5.76 Å². The number of hydrogen-bond donors (Lipinski definition) is 1. The maximum atomic E-state index is 10.5. The third kappa shape index (κ3) is 5.99. The Kier molecular flexibility index (Phi) is 5.29. The van der Waals surface area contributed by atoms with E-state index in [9.17, 15) is 9.59 Å². The monoisotopic (exact) mass is 198 g/mol. The van der Waals surface area contributed by atoms with Gasteiger partial charge in [-0.1, -0.05) is 12.2 Å². The van der Waals surface area contributed by atoms with Crippen molar-refractivity contribution < 1.29 is 19.4 Å². The van der Waals surface area contributed by atoms with Crippen molar-refractivity contribution in [2.75, 3.05) is 0 Å². The van der Waals surface area contributed by atoms with Crippen molar-refractivity contribution in [1.29, 1.82) is 0 Å². The molecule has 0 radical (unpaired) electrons. The molecule has 0 aliphatic carbocycles. The van der Waals surface area contributed by atoms with Crippen LogP contribution in [-0.4, -0.2) is 17.0 Å². The summed E-state index contributed by atoms with van der Waals surface area (Å²) >= 11 is 0. The highest BCUT2D eigenvalue weighted by Gasteiger charge is 2.04. The summed E-state index contributed by atoms with van der Waals surface area (Å²) in [6.07, 6.45) is 4.60. The van der Waals surface area contributed by atoms with Gasteiger partial charge in [0.05, 0.1) is 5.92 Å². The summed E-state index contributed by atoms with van der Waals surface area (Å²) in [6.45, 7) is 4.49. The molecule has 0 spiro atoms. The van der Waals surface area contributed by atoms with Gasteiger partial charge < -0.3 is 9.84 Å². The lowest BCUT2D eigenvalue weighted by Crippen LogP contribution is -2.05. The van der Waals surface area contributed by atoms with Crippen LogP contribution in [0.2, 0.25) is 0 Å². The summed E-state index contributed by atoms with van der Waals surface area (Å²) in [4.78, 5) is 20.9. The average molecular weight is 198 g/mol. The topological polar surface area (TPSA) is 63.6 Å². The minimum absolute atomic E-state index is 0.390. The molecule has 0 aromatic rings. The third-order valence-corrected chi connectivity index (χ3v) is 1.42. The summed E-state index contributed by atoms with van der Waals surface area (Å²) in [6, 6.07) is 0. The van der Waals surface area contributed by atoms with Gasteiger partial charge in [0.25, 0.3) is 0 Å². The number of carbonyl (C=O) groups is 2. The van der Waals surface area contributed by atoms with Crippen LogP contribution in [0.5, 0.6) is 0 Å². The summed E-state index contributed by atoms with van der Waals surface area (Å²) in [5, 5.41) is 8.54. The summed E-state index contributed by atoms with van der Waals surface area (Å²) < 4.78 is 4.72. The maximum Gasteiger partial charge on any atom is 0.310 e. The van der Waals surface area contributed by atoms with E-state index in [1.165, 1.54) is 13.0 Å². The molecule has 78 valence electrons. The molecule has 0 amide bonds. The van der Waals surface area contributed by atoms with Crippen molar-refractivity contribution in [3.8, 4) is 0 Å². The normalized spacial score (nSPS) is 14.1. The first kappa shape index (κ1) is 12.4. The number of allylic oxidation sites excluding steroid dienone is 3. The highest BCUT2D eigenvalue weighted by Crippen LogP contribution is 2.00. The molecule has 0 rings (SSSR count). The lowest BCUT2D eigenvalue weighted by atomic mass is 10.2. The van der Waals surface area contributed by atoms with Gasteiger partial charge in [-0.15, -0.1) is 0 Å². The minimum atomic E-state index is -0.889. The first-order valence-electron chi connectivity index (χ1n) is 4.19. The molecule has 4 heteroatoms. The summed E-state index contributed by atoms with van der Waals surface area (Å²) in [7, 11) is 0. The predicted octanol–water partition coefficient (Wildman–Crippen LogP) is 1.73. The number of ether oxygens (including phenoxy) is 1. The number of aliphatic carboxylic acids is 1. The molecule has 0 aromatic heterocycles. The zero-order valence-corrected chi connectivity index (χ0v) is 8.48. The number of carboxylic acids is 1. The molecule has 0 saturated carbocycles. The van der Waals surface area contributed by atoms with Crippen LogP contribution in [0.15, 0.2) is 24.0 Å². The fourth-order valence-corrected chi connectivity index (χ4v) is 0.701. The first-order valence-corrected chi connectivity index (χ1v) is 4.19. The lowest BCUT2D eigenvalue weighted by Gasteiger charge is -1.98. The Bertz CT molecular complexity index is 276. The fourth-order valence-electron chi connectivity index (χ4n) is 0.701. The molecule has 14 heavy (non-hydrogen) atoms. The van der Waals surface area contributed by atoms with Crippen LogP contribution in [0.25, 0.3) is 0 Å². The molecule has 1 unspecified atom stereocenters. The maximum absolute atomic E-state index is 10.5. The molecule has 0 bridgehead atoms. The van der Waals surface area contributed by atoms with E-state index in [0.717, 1.165) is 0 Å². The molecular weight excluding hydrogens is 184 g/mol. The predicted molar refractivity (Wildman–Crippen MR) is 51.5 cm³/mol. The quantitative estimate of drug-likeness (QED) is 0.424. The summed E-state index contributed by atoms with van der Waals surface area (Å²) in [5.41, 5.74) is 0. The zero-order chi connectivity index (χ0) is 11.1. The molecule has 0 aliphatic heterocycles. The van der Waals surface area contributed by atoms with Gasteiger partial charge in [-0.05, 0) is 19.9 Å². The van der Waals surface area contributed by atoms with Crippen molar-refractivity contribution in [3.05, 3.63) is 24.0 Å². The Hall–Kier alpha value is -1.58. The molecule has 0 aliphatic rings. The second-order valence-electron chi connectivity index (χ2n) is 2.88. The fraction of sp³-hybridized carbons (Fsp3) is 0.400. The Morgan fingerprint density at radius 3 is 2.36 bits per heavy atom. The highest BCUT2D eigenvalue weighted by atomic mass is 16.5. The molecule has 1 N–H and O–H groups in total. The smallest absolute Gasteiger partial charge is 0.310 e. The van der Waals surface area contributed by atoms with E-state index in [1.54, 1.807) is 26.0 Å². The van der Waals surface area contributed by atoms with Gasteiger partial charge in [-0.25, -0.2) is 0 Å². The molecule has 0 aromatic carbocycles. The van der Waals surface area contributed by atoms with E-state index in [-0.39, 0.29) is 0 Å². The van der Waals surface area contributed by atoms with Gasteiger partial charge in [0.15, 0.2) is 0 Å². The molecular formula is C10H14O4. The molecule has 1 atom stereocenters. The van der Waals surface area contributed by atoms with Crippen LogP contribution in [0.4, 0.5) is 0 Å². The van der Waals surface area contributed by atoms with E-state index >= 15 is 0 Å². The Balaban J connectivity index is 4.13. The van der Waals surface area contributed by atoms with Crippen LogP contribution in [0, 0.1) is 5.92 Å². The van der Waals surface area contributed by atoms with Crippen LogP contribution < -0.4 is 0 Å². The minimum Gasteiger partial charge on any atom is -0.481 e. The van der Waals surface area contributed by atoms with Crippen molar-refractivity contribution in [1.82, 2.24) is 0 Å². The number of hydrogen-bond acceptors (Lipinski definition) is 3. The van der Waals surface area contributed by atoms with E-state index < -0.39 is 17.9 Å². The van der Waals surface area contributed by atoms with E-state index in [0.29, 0.717) is 5.76 Å². The second-order valence-corrected chi connectivity index (χ2v) is 2.88. The Morgan fingerprint density at radius 2 is 1.93 bits per heavy atom. The van der Waals surface area contributed by atoms with Crippen LogP contribution in [0.1, 0.15) is 20.8 Å². The standard InChI is InChI=1S/C10H14O4/c1-7(10(12)13)5-4-6-8(2)14-9(3)11/h4-7H,1-3H3,(H,12,13). The highest BCUT2D eigenvalue weighted by molar-refractivity contribution is 5.71. The SMILES string of the molecule is CC(=O)OC(C)=CC=CC(C)C(=O)O. The van der Waals surface area contributed by atoms with Crippen molar-refractivity contribution >= 4 is 11.9 Å². The number of carboxylic acid groups (broad SMARTS) is 1. The van der Waals surface area contributed by atoms with E-state index in [2.05, 4.69) is 0 Å². The van der Waals surface area contributed by atoms with Crippen LogP contribution >= 0.6 is 0 Å². The number of esters is 1. The van der Waals surface area contributed by atoms with Crippen LogP contribution in [-0.2, 0) is 14.3 Å². The van der Waals surface area contributed by atoms with Gasteiger partial charge >= 0.3 is 11.9 Å². The zero-order valence-electron chi connectivity index (χ0n) is 8.48. The number of carbonyl (C=O) groups excluding carboxylic acids is 1. The molecule has 0 heterocycles. The van der Waals surface area contributed by atoms with Crippen molar-refractivity contribution in [3.63, 3.8) is 0 Å². The molecule has 0 saturated heterocycles. The molecule has 4 nitrogen and oxygen atoms in total. The van der Waals surface area contributed by atoms with Gasteiger partial charge in [0, 0.05) is 6.92 Å². The third-order valence-electron chi connectivity index (χ3n) is 1.42. The van der Waals surface area contributed by atoms with E-state index in [4.69, 9.17) is 9.84 Å². The van der Waals surface area contributed by atoms with Gasteiger partial charge in [0.2, 0.25) is 0 Å². The lowest BCUT2D eigenvalue weighted by molar-refractivity contribution is -0.139. The largest absolute Gasteiger partial charge is 0.481 e. The number of rotatable bonds is 4.